The van der Waals surface area contributed by atoms with Gasteiger partial charge in [0, 0.05) is 30.9 Å². The van der Waals surface area contributed by atoms with Gasteiger partial charge in [0.15, 0.2) is 0 Å². The maximum Gasteiger partial charge on any atom is 0.491 e. The van der Waals surface area contributed by atoms with Crippen LogP contribution < -0.4 is 10.4 Å². The summed E-state index contributed by atoms with van der Waals surface area (Å²) in [7, 11) is -1.50. The highest BCUT2D eigenvalue weighted by atomic mass is 16.4. The number of aromatic nitrogens is 2. The molecule has 72 valence electrons. The second-order valence-corrected chi connectivity index (χ2v) is 3.07. The minimum Gasteiger partial charge on any atom is -0.423 e. The molecule has 0 saturated carbocycles. The molecule has 0 aromatic carbocycles. The zero-order chi connectivity index (χ0) is 9.97. The van der Waals surface area contributed by atoms with Gasteiger partial charge in [-0.05, 0) is 0 Å². The number of hydrogen-bond donors (Lipinski definition) is 2. The highest BCUT2D eigenvalue weighted by Gasteiger charge is 2.14. The van der Waals surface area contributed by atoms with Crippen molar-refractivity contribution in [2.75, 3.05) is 18.0 Å². The standard InChI is InChI=1S/C8H10BN3O2/c13-9(14)7-5-10-8(11-6-7)12-3-1-2-4-12/h1-2,5-6,13-14H,3-4H2. The van der Waals surface area contributed by atoms with E-state index in [2.05, 4.69) is 9.97 Å². The van der Waals surface area contributed by atoms with E-state index in [0.717, 1.165) is 13.1 Å². The van der Waals surface area contributed by atoms with Crippen molar-refractivity contribution in [2.45, 2.75) is 0 Å². The Kier molecular flexibility index (Phi) is 2.47. The number of nitrogens with zero attached hydrogens (tertiary/aromatic N) is 3. The molecule has 0 bridgehead atoms. The van der Waals surface area contributed by atoms with Crippen LogP contribution in [-0.2, 0) is 0 Å². The first-order valence-corrected chi connectivity index (χ1v) is 4.35. The van der Waals surface area contributed by atoms with Crippen LogP contribution in [0.2, 0.25) is 0 Å². The van der Waals surface area contributed by atoms with Gasteiger partial charge >= 0.3 is 7.12 Å². The van der Waals surface area contributed by atoms with Crippen molar-refractivity contribution < 1.29 is 10.0 Å². The van der Waals surface area contributed by atoms with Crippen LogP contribution in [0.25, 0.3) is 0 Å². The summed E-state index contributed by atoms with van der Waals surface area (Å²) >= 11 is 0. The van der Waals surface area contributed by atoms with Gasteiger partial charge in [0.2, 0.25) is 5.95 Å². The number of hydrogen-bond acceptors (Lipinski definition) is 5. The molecular weight excluding hydrogens is 181 g/mol. The molecule has 2 N–H and O–H groups in total. The lowest BCUT2D eigenvalue weighted by molar-refractivity contribution is 0.425. The first kappa shape index (κ1) is 9.17. The third-order valence-corrected chi connectivity index (χ3v) is 2.06. The second-order valence-electron chi connectivity index (χ2n) is 3.07. The Balaban J connectivity index is 2.13. The Hall–Kier alpha value is -1.40. The van der Waals surface area contributed by atoms with Gasteiger partial charge in [-0.2, -0.15) is 0 Å². The van der Waals surface area contributed by atoms with Crippen molar-refractivity contribution in [3.05, 3.63) is 24.5 Å². The summed E-state index contributed by atoms with van der Waals surface area (Å²) in [5.41, 5.74) is 0.306. The van der Waals surface area contributed by atoms with Crippen molar-refractivity contribution in [3.63, 3.8) is 0 Å². The quantitative estimate of drug-likeness (QED) is 0.441. The average Bonchev–Trinajstić information content (AvgIpc) is 2.71. The summed E-state index contributed by atoms with van der Waals surface area (Å²) in [5, 5.41) is 17.7. The van der Waals surface area contributed by atoms with E-state index < -0.39 is 7.12 Å². The SMILES string of the molecule is OB(O)c1cnc(N2CC=CC2)nc1. The fourth-order valence-electron chi connectivity index (χ4n) is 1.27. The topological polar surface area (TPSA) is 69.5 Å². The predicted molar refractivity (Wildman–Crippen MR) is 53.2 cm³/mol. The van der Waals surface area contributed by atoms with Gasteiger partial charge in [0.1, 0.15) is 0 Å². The van der Waals surface area contributed by atoms with Crippen LogP contribution in [0.4, 0.5) is 5.95 Å². The summed E-state index contributed by atoms with van der Waals surface area (Å²) < 4.78 is 0. The van der Waals surface area contributed by atoms with Gasteiger partial charge < -0.3 is 14.9 Å². The van der Waals surface area contributed by atoms with E-state index in [4.69, 9.17) is 10.0 Å². The highest BCUT2D eigenvalue weighted by molar-refractivity contribution is 6.58. The van der Waals surface area contributed by atoms with Gasteiger partial charge in [0.25, 0.3) is 0 Å². The third kappa shape index (κ3) is 1.76. The molecule has 0 amide bonds. The molecule has 1 aromatic heterocycles. The number of rotatable bonds is 2. The lowest BCUT2D eigenvalue weighted by Gasteiger charge is -2.14. The van der Waals surface area contributed by atoms with E-state index in [1.807, 2.05) is 17.1 Å². The minimum atomic E-state index is -1.50. The molecule has 1 aliphatic heterocycles. The van der Waals surface area contributed by atoms with E-state index in [9.17, 15) is 0 Å². The van der Waals surface area contributed by atoms with Crippen molar-refractivity contribution >= 4 is 18.5 Å². The predicted octanol–water partition coefficient (Wildman–Crippen LogP) is -1.47. The summed E-state index contributed by atoms with van der Waals surface area (Å²) in [6.07, 6.45) is 6.92. The molecule has 0 spiro atoms. The molecule has 0 radical (unpaired) electrons. The van der Waals surface area contributed by atoms with Gasteiger partial charge in [-0.15, -0.1) is 0 Å². The lowest BCUT2D eigenvalue weighted by atomic mass is 9.83. The monoisotopic (exact) mass is 191 g/mol. The Morgan fingerprint density at radius 2 is 1.71 bits per heavy atom. The van der Waals surface area contributed by atoms with Crippen molar-refractivity contribution in [1.29, 1.82) is 0 Å². The summed E-state index contributed by atoms with van der Waals surface area (Å²) in [6, 6.07) is 0. The van der Waals surface area contributed by atoms with E-state index in [0.29, 0.717) is 11.4 Å². The first-order valence-electron chi connectivity index (χ1n) is 4.35. The summed E-state index contributed by atoms with van der Waals surface area (Å²) in [6.45, 7) is 1.61. The zero-order valence-corrected chi connectivity index (χ0v) is 7.54. The van der Waals surface area contributed by atoms with Crippen molar-refractivity contribution in [1.82, 2.24) is 9.97 Å². The molecule has 5 nitrogen and oxygen atoms in total. The normalized spacial score (nSPS) is 14.9. The maximum atomic E-state index is 8.83. The lowest BCUT2D eigenvalue weighted by Crippen LogP contribution is -2.32. The third-order valence-electron chi connectivity index (χ3n) is 2.06. The Bertz CT molecular complexity index is 331. The Labute approximate surface area is 81.9 Å². The molecule has 14 heavy (non-hydrogen) atoms. The van der Waals surface area contributed by atoms with Crippen LogP contribution >= 0.6 is 0 Å². The fraction of sp³-hybridized carbons (Fsp3) is 0.250. The van der Waals surface area contributed by atoms with Gasteiger partial charge in [-0.25, -0.2) is 9.97 Å². The van der Waals surface area contributed by atoms with Crippen LogP contribution in [0.15, 0.2) is 24.5 Å². The average molecular weight is 191 g/mol. The van der Waals surface area contributed by atoms with Crippen LogP contribution in [0.5, 0.6) is 0 Å². The second kappa shape index (κ2) is 3.77. The maximum absolute atomic E-state index is 8.83. The fourth-order valence-corrected chi connectivity index (χ4v) is 1.27. The number of anilines is 1. The summed E-state index contributed by atoms with van der Waals surface area (Å²) in [4.78, 5) is 10.1. The van der Waals surface area contributed by atoms with Gasteiger partial charge in [0.05, 0.1) is 0 Å². The zero-order valence-electron chi connectivity index (χ0n) is 7.54. The first-order chi connectivity index (χ1) is 6.77. The van der Waals surface area contributed by atoms with E-state index >= 15 is 0 Å². The molecule has 2 heterocycles. The molecule has 2 rings (SSSR count). The Morgan fingerprint density at radius 3 is 2.21 bits per heavy atom. The Morgan fingerprint density at radius 1 is 1.14 bits per heavy atom. The van der Waals surface area contributed by atoms with Gasteiger partial charge in [-0.3, -0.25) is 0 Å². The molecule has 1 aliphatic rings. The molecule has 6 heteroatoms. The molecule has 0 aliphatic carbocycles. The molecule has 0 fully saturated rings. The molecule has 0 atom stereocenters. The smallest absolute Gasteiger partial charge is 0.423 e. The highest BCUT2D eigenvalue weighted by Crippen LogP contribution is 2.07. The molecule has 0 unspecified atom stereocenters. The largest absolute Gasteiger partial charge is 0.491 e. The molecule has 0 saturated heterocycles. The van der Waals surface area contributed by atoms with Gasteiger partial charge in [-0.1, -0.05) is 12.2 Å². The minimum absolute atomic E-state index is 0.306. The van der Waals surface area contributed by atoms with Crippen molar-refractivity contribution in [2.24, 2.45) is 0 Å². The van der Waals surface area contributed by atoms with Crippen LogP contribution in [-0.4, -0.2) is 40.2 Å². The van der Waals surface area contributed by atoms with E-state index in [1.54, 1.807) is 0 Å². The van der Waals surface area contributed by atoms with Crippen LogP contribution in [0, 0.1) is 0 Å². The van der Waals surface area contributed by atoms with E-state index in [-0.39, 0.29) is 0 Å². The van der Waals surface area contributed by atoms with Crippen LogP contribution in [0.1, 0.15) is 0 Å². The van der Waals surface area contributed by atoms with E-state index in [1.165, 1.54) is 12.4 Å². The van der Waals surface area contributed by atoms with Crippen molar-refractivity contribution in [3.8, 4) is 0 Å². The van der Waals surface area contributed by atoms with Crippen LogP contribution in [0.3, 0.4) is 0 Å². The molecule has 1 aromatic rings. The summed E-state index contributed by atoms with van der Waals surface area (Å²) in [5.74, 6) is 0.611. The molecular formula is C8H10BN3O2.